The Kier molecular flexibility index (Phi) is 7.41. The number of ether oxygens (including phenoxy) is 2. The van der Waals surface area contributed by atoms with E-state index in [4.69, 9.17) is 9.47 Å². The second kappa shape index (κ2) is 8.91. The highest BCUT2D eigenvalue weighted by molar-refractivity contribution is 5.21. The molecule has 1 aromatic carbocycles. The smallest absolute Gasteiger partial charge is 0.137 e. The number of benzene rings is 1. The van der Waals surface area contributed by atoms with E-state index in [1.54, 1.807) is 14.0 Å². The number of rotatable bonds is 9. The second-order valence-corrected chi connectivity index (χ2v) is 4.26. The SMILES string of the molecule is COCCCNCC(Oc1ccccc1)C(C)O. The fourth-order valence-corrected chi connectivity index (χ4v) is 1.57. The maximum atomic E-state index is 9.69. The molecule has 102 valence electrons. The van der Waals surface area contributed by atoms with Crippen molar-refractivity contribution in [2.45, 2.75) is 25.6 Å². The Morgan fingerprint density at radius 1 is 1.28 bits per heavy atom. The third kappa shape index (κ3) is 6.00. The molecule has 0 radical (unpaired) electrons. The lowest BCUT2D eigenvalue weighted by atomic mass is 10.2. The van der Waals surface area contributed by atoms with Crippen molar-refractivity contribution in [3.8, 4) is 5.75 Å². The van der Waals surface area contributed by atoms with Gasteiger partial charge in [-0.25, -0.2) is 0 Å². The summed E-state index contributed by atoms with van der Waals surface area (Å²) in [5.41, 5.74) is 0. The van der Waals surface area contributed by atoms with Crippen LogP contribution in [0.5, 0.6) is 5.75 Å². The molecule has 2 unspecified atom stereocenters. The summed E-state index contributed by atoms with van der Waals surface area (Å²) in [6.07, 6.45) is 0.198. The highest BCUT2D eigenvalue weighted by Crippen LogP contribution is 2.12. The van der Waals surface area contributed by atoms with Crippen molar-refractivity contribution in [2.24, 2.45) is 0 Å². The largest absolute Gasteiger partial charge is 0.486 e. The molecule has 0 aliphatic heterocycles. The highest BCUT2D eigenvalue weighted by Gasteiger charge is 2.16. The first-order valence-electron chi connectivity index (χ1n) is 6.33. The van der Waals surface area contributed by atoms with Gasteiger partial charge in [-0.3, -0.25) is 0 Å². The minimum absolute atomic E-state index is 0.241. The Morgan fingerprint density at radius 3 is 2.61 bits per heavy atom. The summed E-state index contributed by atoms with van der Waals surface area (Å²) in [6, 6.07) is 9.55. The molecule has 4 heteroatoms. The monoisotopic (exact) mass is 253 g/mol. The molecule has 1 aromatic rings. The Labute approximate surface area is 109 Å². The van der Waals surface area contributed by atoms with E-state index in [0.29, 0.717) is 6.54 Å². The van der Waals surface area contributed by atoms with Gasteiger partial charge in [-0.15, -0.1) is 0 Å². The van der Waals surface area contributed by atoms with Gasteiger partial charge in [-0.2, -0.15) is 0 Å². The van der Waals surface area contributed by atoms with Gasteiger partial charge in [0.05, 0.1) is 6.10 Å². The van der Waals surface area contributed by atoms with Crippen LogP contribution in [0.25, 0.3) is 0 Å². The molecule has 2 atom stereocenters. The summed E-state index contributed by atoms with van der Waals surface area (Å²) in [7, 11) is 1.69. The standard InChI is InChI=1S/C14H23NO3/c1-12(16)14(11-15-9-6-10-17-2)18-13-7-4-3-5-8-13/h3-5,7-8,12,14-16H,6,9-11H2,1-2H3. The van der Waals surface area contributed by atoms with Crippen molar-refractivity contribution in [2.75, 3.05) is 26.8 Å². The summed E-state index contributed by atoms with van der Waals surface area (Å²) >= 11 is 0. The van der Waals surface area contributed by atoms with Crippen LogP contribution in [0, 0.1) is 0 Å². The normalized spacial score (nSPS) is 14.2. The molecular weight excluding hydrogens is 230 g/mol. The second-order valence-electron chi connectivity index (χ2n) is 4.26. The zero-order valence-corrected chi connectivity index (χ0v) is 11.1. The maximum Gasteiger partial charge on any atom is 0.137 e. The third-order valence-corrected chi connectivity index (χ3v) is 2.62. The number of hydrogen-bond donors (Lipinski definition) is 2. The minimum Gasteiger partial charge on any atom is -0.486 e. The molecule has 0 fully saturated rings. The number of nitrogens with one attached hydrogen (secondary N) is 1. The highest BCUT2D eigenvalue weighted by atomic mass is 16.5. The summed E-state index contributed by atoms with van der Waals surface area (Å²) < 4.78 is 10.7. The topological polar surface area (TPSA) is 50.7 Å². The summed E-state index contributed by atoms with van der Waals surface area (Å²) in [5, 5.41) is 12.9. The van der Waals surface area contributed by atoms with E-state index < -0.39 is 6.10 Å². The third-order valence-electron chi connectivity index (χ3n) is 2.62. The molecule has 0 aliphatic carbocycles. The maximum absolute atomic E-state index is 9.69. The fourth-order valence-electron chi connectivity index (χ4n) is 1.57. The van der Waals surface area contributed by atoms with Crippen LogP contribution in [0.15, 0.2) is 30.3 Å². The predicted octanol–water partition coefficient (Wildman–Crippen LogP) is 1.44. The van der Waals surface area contributed by atoms with E-state index in [1.807, 2.05) is 30.3 Å². The number of para-hydroxylation sites is 1. The zero-order chi connectivity index (χ0) is 13.2. The van der Waals surface area contributed by atoms with Crippen molar-refractivity contribution < 1.29 is 14.6 Å². The van der Waals surface area contributed by atoms with Gasteiger partial charge in [0.25, 0.3) is 0 Å². The molecule has 0 heterocycles. The van der Waals surface area contributed by atoms with Gasteiger partial charge in [0.2, 0.25) is 0 Å². The molecule has 0 amide bonds. The zero-order valence-electron chi connectivity index (χ0n) is 11.1. The van der Waals surface area contributed by atoms with Crippen LogP contribution in [-0.2, 0) is 4.74 Å². The van der Waals surface area contributed by atoms with Gasteiger partial charge < -0.3 is 19.9 Å². The molecule has 0 bridgehead atoms. The first-order chi connectivity index (χ1) is 8.74. The molecule has 4 nitrogen and oxygen atoms in total. The molecule has 0 aromatic heterocycles. The van der Waals surface area contributed by atoms with Crippen molar-refractivity contribution >= 4 is 0 Å². The molecule has 0 aliphatic rings. The van der Waals surface area contributed by atoms with Crippen LogP contribution in [0.4, 0.5) is 0 Å². The first-order valence-corrected chi connectivity index (χ1v) is 6.33. The van der Waals surface area contributed by atoms with E-state index in [-0.39, 0.29) is 6.10 Å². The summed E-state index contributed by atoms with van der Waals surface area (Å²) in [4.78, 5) is 0. The van der Waals surface area contributed by atoms with Gasteiger partial charge >= 0.3 is 0 Å². The molecule has 0 spiro atoms. The minimum atomic E-state index is -0.514. The van der Waals surface area contributed by atoms with E-state index in [2.05, 4.69) is 5.32 Å². The lowest BCUT2D eigenvalue weighted by Crippen LogP contribution is -2.39. The molecular formula is C14H23NO3. The van der Waals surface area contributed by atoms with Gasteiger partial charge in [-0.05, 0) is 32.0 Å². The van der Waals surface area contributed by atoms with Crippen LogP contribution in [0.3, 0.4) is 0 Å². The molecule has 0 saturated heterocycles. The Balaban J connectivity index is 2.32. The van der Waals surface area contributed by atoms with E-state index >= 15 is 0 Å². The Morgan fingerprint density at radius 2 is 2.00 bits per heavy atom. The van der Waals surface area contributed by atoms with Crippen LogP contribution >= 0.6 is 0 Å². The van der Waals surface area contributed by atoms with Gasteiger partial charge in [0.15, 0.2) is 0 Å². The molecule has 1 rings (SSSR count). The Bertz CT molecular complexity index is 303. The lowest BCUT2D eigenvalue weighted by Gasteiger charge is -2.22. The number of methoxy groups -OCH3 is 1. The van der Waals surface area contributed by atoms with Crippen molar-refractivity contribution in [1.82, 2.24) is 5.32 Å². The number of aliphatic hydroxyl groups is 1. The van der Waals surface area contributed by atoms with Crippen LogP contribution < -0.4 is 10.1 Å². The van der Waals surface area contributed by atoms with E-state index in [1.165, 1.54) is 0 Å². The van der Waals surface area contributed by atoms with Crippen molar-refractivity contribution in [3.05, 3.63) is 30.3 Å². The number of aliphatic hydroxyl groups excluding tert-OH is 1. The molecule has 18 heavy (non-hydrogen) atoms. The summed E-state index contributed by atoms with van der Waals surface area (Å²) in [5.74, 6) is 0.780. The average molecular weight is 253 g/mol. The van der Waals surface area contributed by atoms with Crippen LogP contribution in [-0.4, -0.2) is 44.1 Å². The van der Waals surface area contributed by atoms with Gasteiger partial charge in [0.1, 0.15) is 11.9 Å². The van der Waals surface area contributed by atoms with E-state index in [0.717, 1.165) is 25.3 Å². The van der Waals surface area contributed by atoms with Gasteiger partial charge in [-0.1, -0.05) is 18.2 Å². The van der Waals surface area contributed by atoms with Gasteiger partial charge in [0, 0.05) is 20.3 Å². The molecule has 0 saturated carbocycles. The lowest BCUT2D eigenvalue weighted by molar-refractivity contribution is 0.0485. The quantitative estimate of drug-likeness (QED) is 0.654. The molecule has 2 N–H and O–H groups in total. The fraction of sp³-hybridized carbons (Fsp3) is 0.571. The van der Waals surface area contributed by atoms with Crippen molar-refractivity contribution in [3.63, 3.8) is 0 Å². The van der Waals surface area contributed by atoms with Crippen molar-refractivity contribution in [1.29, 1.82) is 0 Å². The van der Waals surface area contributed by atoms with E-state index in [9.17, 15) is 5.11 Å². The summed E-state index contributed by atoms with van der Waals surface area (Å²) in [6.45, 7) is 3.96. The predicted molar refractivity (Wildman–Crippen MR) is 71.9 cm³/mol. The van der Waals surface area contributed by atoms with Crippen LogP contribution in [0.1, 0.15) is 13.3 Å². The Hall–Kier alpha value is -1.10. The average Bonchev–Trinajstić information content (AvgIpc) is 2.38. The van der Waals surface area contributed by atoms with Crippen LogP contribution in [0.2, 0.25) is 0 Å². The number of hydrogen-bond acceptors (Lipinski definition) is 4. The first kappa shape index (κ1) is 15.0.